The van der Waals surface area contributed by atoms with E-state index in [9.17, 15) is 4.79 Å². The van der Waals surface area contributed by atoms with Gasteiger partial charge in [-0.3, -0.25) is 4.79 Å². The van der Waals surface area contributed by atoms with Crippen molar-refractivity contribution in [1.82, 2.24) is 15.3 Å². The van der Waals surface area contributed by atoms with Gasteiger partial charge in [-0.1, -0.05) is 0 Å². The number of aliphatic carboxylic acids is 1. The quantitative estimate of drug-likeness (QED) is 0.874. The molecule has 116 valence electrons. The first-order valence-corrected chi connectivity index (χ1v) is 7.02. The number of fused-ring (bicyclic) bond motifs is 1. The van der Waals surface area contributed by atoms with Crippen LogP contribution in [0.4, 0.5) is 0 Å². The molecule has 1 aromatic carbocycles. The lowest BCUT2D eigenvalue weighted by Gasteiger charge is -2.14. The molecular formula is C15H17N3O4. The minimum atomic E-state index is -0.864. The maximum absolute atomic E-state index is 11.0. The molecule has 7 nitrogen and oxygen atoms in total. The molecule has 1 saturated heterocycles. The summed E-state index contributed by atoms with van der Waals surface area (Å²) < 4.78 is 11.0. The van der Waals surface area contributed by atoms with Crippen LogP contribution in [-0.4, -0.2) is 46.8 Å². The first-order valence-electron chi connectivity index (χ1n) is 7.02. The number of benzene rings is 1. The summed E-state index contributed by atoms with van der Waals surface area (Å²) in [6, 6.07) is 4.89. The van der Waals surface area contributed by atoms with Crippen LogP contribution in [0.25, 0.3) is 11.0 Å². The lowest BCUT2D eigenvalue weighted by molar-refractivity contribution is -0.139. The predicted molar refractivity (Wildman–Crippen MR) is 79.3 cm³/mol. The van der Waals surface area contributed by atoms with Crippen molar-refractivity contribution in [2.75, 3.05) is 13.7 Å². The smallest absolute Gasteiger partial charge is 0.320 e. The Balaban J connectivity index is 1.84. The zero-order chi connectivity index (χ0) is 15.7. The van der Waals surface area contributed by atoms with Gasteiger partial charge in [-0.25, -0.2) is 9.97 Å². The molecule has 2 heterocycles. The van der Waals surface area contributed by atoms with E-state index in [1.54, 1.807) is 13.2 Å². The normalized spacial score (nSPS) is 21.0. The second-order valence-electron chi connectivity index (χ2n) is 5.24. The molecule has 3 rings (SSSR count). The fourth-order valence-corrected chi connectivity index (χ4v) is 2.48. The van der Waals surface area contributed by atoms with E-state index in [0.717, 1.165) is 5.52 Å². The van der Waals surface area contributed by atoms with Crippen molar-refractivity contribution >= 4 is 17.0 Å². The number of hydrogen-bond acceptors (Lipinski definition) is 6. The van der Waals surface area contributed by atoms with Crippen molar-refractivity contribution in [3.63, 3.8) is 0 Å². The van der Waals surface area contributed by atoms with Gasteiger partial charge in [-0.15, -0.1) is 0 Å². The molecule has 1 fully saturated rings. The highest BCUT2D eigenvalue weighted by atomic mass is 16.5. The van der Waals surface area contributed by atoms with Crippen molar-refractivity contribution < 1.29 is 19.4 Å². The molecular weight excluding hydrogens is 286 g/mol. The van der Waals surface area contributed by atoms with Gasteiger partial charge in [-0.2, -0.15) is 0 Å². The molecule has 2 N–H and O–H groups in total. The maximum atomic E-state index is 11.0. The van der Waals surface area contributed by atoms with Gasteiger partial charge >= 0.3 is 5.97 Å². The SMILES string of the molecule is COc1ccc2nc(C)c(OC3CNC(C(=O)O)C3)nc2c1. The van der Waals surface area contributed by atoms with Crippen LogP contribution in [0.2, 0.25) is 0 Å². The minimum absolute atomic E-state index is 0.225. The molecule has 0 spiro atoms. The highest BCUT2D eigenvalue weighted by molar-refractivity contribution is 5.76. The molecule has 0 bridgehead atoms. The number of carboxylic acid groups (broad SMARTS) is 1. The number of carboxylic acids is 1. The highest BCUT2D eigenvalue weighted by Gasteiger charge is 2.31. The summed E-state index contributed by atoms with van der Waals surface area (Å²) in [4.78, 5) is 19.9. The van der Waals surface area contributed by atoms with Gasteiger partial charge in [0.25, 0.3) is 0 Å². The van der Waals surface area contributed by atoms with Gasteiger partial charge in [0.2, 0.25) is 5.88 Å². The predicted octanol–water partition coefficient (Wildman–Crippen LogP) is 1.14. The molecule has 1 aliphatic rings. The fraction of sp³-hybridized carbons (Fsp3) is 0.400. The number of hydrogen-bond donors (Lipinski definition) is 2. The van der Waals surface area contributed by atoms with Gasteiger partial charge in [0.15, 0.2) is 0 Å². The summed E-state index contributed by atoms with van der Waals surface area (Å²) in [7, 11) is 1.59. The van der Waals surface area contributed by atoms with Gasteiger partial charge < -0.3 is 19.9 Å². The van der Waals surface area contributed by atoms with Gasteiger partial charge in [0.05, 0.1) is 18.1 Å². The average molecular weight is 303 g/mol. The third-order valence-electron chi connectivity index (χ3n) is 3.67. The maximum Gasteiger partial charge on any atom is 0.320 e. The van der Waals surface area contributed by atoms with Crippen molar-refractivity contribution in [2.45, 2.75) is 25.5 Å². The van der Waals surface area contributed by atoms with Crippen LogP contribution in [0, 0.1) is 6.92 Å². The number of carbonyl (C=O) groups is 1. The Morgan fingerprint density at radius 1 is 1.36 bits per heavy atom. The Morgan fingerprint density at radius 2 is 2.18 bits per heavy atom. The minimum Gasteiger partial charge on any atom is -0.497 e. The average Bonchev–Trinajstić information content (AvgIpc) is 2.96. The van der Waals surface area contributed by atoms with Gasteiger partial charge in [-0.05, 0) is 19.1 Å². The Morgan fingerprint density at radius 3 is 2.86 bits per heavy atom. The molecule has 1 aromatic heterocycles. The number of methoxy groups -OCH3 is 1. The number of rotatable bonds is 4. The molecule has 0 saturated carbocycles. The van der Waals surface area contributed by atoms with E-state index in [0.29, 0.717) is 35.8 Å². The van der Waals surface area contributed by atoms with Crippen molar-refractivity contribution in [3.05, 3.63) is 23.9 Å². The molecule has 1 aliphatic heterocycles. The largest absolute Gasteiger partial charge is 0.497 e. The van der Waals surface area contributed by atoms with Crippen LogP contribution < -0.4 is 14.8 Å². The summed E-state index contributed by atoms with van der Waals surface area (Å²) in [6.45, 7) is 2.30. The second-order valence-corrected chi connectivity index (χ2v) is 5.24. The van der Waals surface area contributed by atoms with E-state index >= 15 is 0 Å². The number of nitrogens with one attached hydrogen (secondary N) is 1. The third kappa shape index (κ3) is 2.80. The fourth-order valence-electron chi connectivity index (χ4n) is 2.48. The number of nitrogens with zero attached hydrogens (tertiary/aromatic N) is 2. The second kappa shape index (κ2) is 5.76. The van der Waals surface area contributed by atoms with E-state index in [2.05, 4.69) is 15.3 Å². The van der Waals surface area contributed by atoms with E-state index in [1.165, 1.54) is 0 Å². The number of ether oxygens (including phenoxy) is 2. The number of aromatic nitrogens is 2. The van der Waals surface area contributed by atoms with Crippen LogP contribution in [0.3, 0.4) is 0 Å². The summed E-state index contributed by atoms with van der Waals surface area (Å²) in [5, 5.41) is 11.9. The monoisotopic (exact) mass is 303 g/mol. The van der Waals surface area contributed by atoms with Gasteiger partial charge in [0, 0.05) is 19.0 Å². The van der Waals surface area contributed by atoms with E-state index in [4.69, 9.17) is 14.6 Å². The zero-order valence-electron chi connectivity index (χ0n) is 12.4. The summed E-state index contributed by atoms with van der Waals surface area (Å²) >= 11 is 0. The van der Waals surface area contributed by atoms with Crippen LogP contribution >= 0.6 is 0 Å². The standard InChI is InChI=1S/C15H17N3O4/c1-8-14(22-10-6-13(15(19)20)16-7-10)18-12-5-9(21-2)3-4-11(12)17-8/h3-5,10,13,16H,6-7H2,1-2H3,(H,19,20). The van der Waals surface area contributed by atoms with Crippen molar-refractivity contribution in [3.8, 4) is 11.6 Å². The van der Waals surface area contributed by atoms with Crippen molar-refractivity contribution in [2.24, 2.45) is 0 Å². The zero-order valence-corrected chi connectivity index (χ0v) is 12.4. The molecule has 0 amide bonds. The Kier molecular flexibility index (Phi) is 3.81. The Bertz CT molecular complexity index is 719. The van der Waals surface area contributed by atoms with Crippen LogP contribution in [0.15, 0.2) is 18.2 Å². The first kappa shape index (κ1) is 14.5. The Hall–Kier alpha value is -2.41. The number of aryl methyl sites for hydroxylation is 1. The third-order valence-corrected chi connectivity index (χ3v) is 3.67. The van der Waals surface area contributed by atoms with E-state index in [-0.39, 0.29) is 6.10 Å². The molecule has 2 unspecified atom stereocenters. The topological polar surface area (TPSA) is 93.6 Å². The first-order chi connectivity index (χ1) is 10.6. The summed E-state index contributed by atoms with van der Waals surface area (Å²) in [5.74, 6) is 0.265. The van der Waals surface area contributed by atoms with Crippen LogP contribution in [-0.2, 0) is 4.79 Å². The molecule has 2 atom stereocenters. The van der Waals surface area contributed by atoms with E-state index in [1.807, 2.05) is 19.1 Å². The summed E-state index contributed by atoms with van der Waals surface area (Å²) in [5.41, 5.74) is 2.12. The molecule has 2 aromatic rings. The van der Waals surface area contributed by atoms with Gasteiger partial charge in [0.1, 0.15) is 23.6 Å². The molecule has 0 aliphatic carbocycles. The van der Waals surface area contributed by atoms with Crippen LogP contribution in [0.5, 0.6) is 11.6 Å². The highest BCUT2D eigenvalue weighted by Crippen LogP contribution is 2.24. The molecule has 7 heteroatoms. The molecule has 22 heavy (non-hydrogen) atoms. The molecule has 0 radical (unpaired) electrons. The van der Waals surface area contributed by atoms with E-state index < -0.39 is 12.0 Å². The lowest BCUT2D eigenvalue weighted by Crippen LogP contribution is -2.30. The Labute approximate surface area is 127 Å². The van der Waals surface area contributed by atoms with Crippen LogP contribution in [0.1, 0.15) is 12.1 Å². The van der Waals surface area contributed by atoms with Crippen molar-refractivity contribution in [1.29, 1.82) is 0 Å². The summed E-state index contributed by atoms with van der Waals surface area (Å²) in [6.07, 6.45) is 0.184. The lowest BCUT2D eigenvalue weighted by atomic mass is 10.2.